The summed E-state index contributed by atoms with van der Waals surface area (Å²) in [7, 11) is 0. The summed E-state index contributed by atoms with van der Waals surface area (Å²) in [5.41, 5.74) is 1.03. The van der Waals surface area contributed by atoms with Gasteiger partial charge in [0, 0.05) is 37.9 Å². The van der Waals surface area contributed by atoms with Crippen LogP contribution in [0.3, 0.4) is 0 Å². The number of hydrogen-bond acceptors (Lipinski definition) is 3. The van der Waals surface area contributed by atoms with Crippen molar-refractivity contribution in [2.45, 2.75) is 44.6 Å². The number of halogens is 1. The molecule has 1 saturated heterocycles. The van der Waals surface area contributed by atoms with Crippen LogP contribution < -0.4 is 10.2 Å². The molecule has 3 rings (SSSR count). The van der Waals surface area contributed by atoms with Gasteiger partial charge in [0.2, 0.25) is 5.91 Å². The van der Waals surface area contributed by atoms with Crippen molar-refractivity contribution >= 4 is 11.6 Å². The summed E-state index contributed by atoms with van der Waals surface area (Å²) in [6, 6.07) is 7.10. The number of hydrogen-bond donors (Lipinski definition) is 1. The Labute approximate surface area is 144 Å². The predicted octanol–water partition coefficient (Wildman–Crippen LogP) is 2.79. The van der Waals surface area contributed by atoms with Crippen molar-refractivity contribution in [2.24, 2.45) is 0 Å². The molecule has 2 fully saturated rings. The van der Waals surface area contributed by atoms with Crippen molar-refractivity contribution in [2.75, 3.05) is 37.6 Å². The zero-order chi connectivity index (χ0) is 16.8. The summed E-state index contributed by atoms with van der Waals surface area (Å²) in [4.78, 5) is 16.6. The summed E-state index contributed by atoms with van der Waals surface area (Å²) in [5, 5.41) is 3.46. The fourth-order valence-electron chi connectivity index (χ4n) is 3.69. The van der Waals surface area contributed by atoms with E-state index in [-0.39, 0.29) is 11.7 Å². The molecule has 1 aliphatic carbocycles. The summed E-state index contributed by atoms with van der Waals surface area (Å²) < 4.78 is 13.0. The molecular formula is C19H28FN3O. The number of nitrogens with one attached hydrogen (secondary N) is 1. The van der Waals surface area contributed by atoms with Crippen LogP contribution in [-0.4, -0.2) is 49.6 Å². The molecule has 0 spiro atoms. The minimum Gasteiger partial charge on any atom is -0.368 e. The van der Waals surface area contributed by atoms with E-state index in [4.69, 9.17) is 0 Å². The molecule has 1 aliphatic heterocycles. The van der Waals surface area contributed by atoms with Crippen LogP contribution in [0.2, 0.25) is 0 Å². The Bertz CT molecular complexity index is 518. The number of benzene rings is 1. The van der Waals surface area contributed by atoms with Crippen molar-refractivity contribution in [3.8, 4) is 0 Å². The standard InChI is InChI=1S/C19H28FN3O/c20-16-7-9-18(10-8-16)22-11-13-23(14-12-22)19(24)15-21-17-5-3-1-2-4-6-17/h7-10,17,21H,1-6,11-15H2. The molecule has 4 nitrogen and oxygen atoms in total. The van der Waals surface area contributed by atoms with Crippen LogP contribution in [-0.2, 0) is 4.79 Å². The highest BCUT2D eigenvalue weighted by molar-refractivity contribution is 5.78. The lowest BCUT2D eigenvalue weighted by Crippen LogP contribution is -2.51. The molecule has 1 saturated carbocycles. The lowest BCUT2D eigenvalue weighted by molar-refractivity contribution is -0.130. The van der Waals surface area contributed by atoms with Crippen molar-refractivity contribution in [3.63, 3.8) is 0 Å². The Morgan fingerprint density at radius 3 is 2.25 bits per heavy atom. The molecule has 2 aliphatic rings. The average molecular weight is 333 g/mol. The van der Waals surface area contributed by atoms with Gasteiger partial charge in [0.15, 0.2) is 0 Å². The highest BCUT2D eigenvalue weighted by Crippen LogP contribution is 2.18. The number of amides is 1. The van der Waals surface area contributed by atoms with Crippen molar-refractivity contribution in [3.05, 3.63) is 30.1 Å². The Morgan fingerprint density at radius 1 is 1.00 bits per heavy atom. The van der Waals surface area contributed by atoms with Crippen LogP contribution in [0.5, 0.6) is 0 Å². The fraction of sp³-hybridized carbons (Fsp3) is 0.632. The molecule has 0 radical (unpaired) electrons. The lowest BCUT2D eigenvalue weighted by Gasteiger charge is -2.36. The number of anilines is 1. The number of rotatable bonds is 4. The molecular weight excluding hydrogens is 305 g/mol. The van der Waals surface area contributed by atoms with Crippen LogP contribution in [0.15, 0.2) is 24.3 Å². The monoisotopic (exact) mass is 333 g/mol. The second kappa shape index (κ2) is 8.47. The zero-order valence-corrected chi connectivity index (χ0v) is 14.3. The van der Waals surface area contributed by atoms with Gasteiger partial charge in [-0.3, -0.25) is 4.79 Å². The van der Waals surface area contributed by atoms with E-state index in [9.17, 15) is 9.18 Å². The minimum atomic E-state index is -0.211. The molecule has 0 aromatic heterocycles. The molecule has 0 bridgehead atoms. The van der Waals surface area contributed by atoms with E-state index < -0.39 is 0 Å². The van der Waals surface area contributed by atoms with Gasteiger partial charge in [0.25, 0.3) is 0 Å². The lowest BCUT2D eigenvalue weighted by atomic mass is 10.1. The van der Waals surface area contributed by atoms with Crippen molar-refractivity contribution < 1.29 is 9.18 Å². The van der Waals surface area contributed by atoms with Crippen LogP contribution in [0.25, 0.3) is 0 Å². The van der Waals surface area contributed by atoms with E-state index in [2.05, 4.69) is 10.2 Å². The zero-order valence-electron chi connectivity index (χ0n) is 14.3. The van der Waals surface area contributed by atoms with E-state index in [1.165, 1.54) is 50.7 Å². The van der Waals surface area contributed by atoms with E-state index >= 15 is 0 Å². The first-order valence-corrected chi connectivity index (χ1v) is 9.24. The smallest absolute Gasteiger partial charge is 0.236 e. The van der Waals surface area contributed by atoms with Crippen molar-refractivity contribution in [1.29, 1.82) is 0 Å². The van der Waals surface area contributed by atoms with Gasteiger partial charge in [-0.1, -0.05) is 25.7 Å². The maximum atomic E-state index is 13.0. The van der Waals surface area contributed by atoms with Gasteiger partial charge >= 0.3 is 0 Å². The fourth-order valence-corrected chi connectivity index (χ4v) is 3.69. The van der Waals surface area contributed by atoms with Gasteiger partial charge in [-0.2, -0.15) is 0 Å². The van der Waals surface area contributed by atoms with Crippen LogP contribution in [0.1, 0.15) is 38.5 Å². The molecule has 1 aromatic carbocycles. The first-order valence-electron chi connectivity index (χ1n) is 9.24. The minimum absolute atomic E-state index is 0.206. The quantitative estimate of drug-likeness (QED) is 0.861. The summed E-state index contributed by atoms with van der Waals surface area (Å²) >= 11 is 0. The van der Waals surface area contributed by atoms with Gasteiger partial charge in [0.05, 0.1) is 6.54 Å². The molecule has 1 aromatic rings. The topological polar surface area (TPSA) is 35.6 Å². The van der Waals surface area contributed by atoms with E-state index in [0.29, 0.717) is 12.6 Å². The first-order chi connectivity index (χ1) is 11.7. The first kappa shape index (κ1) is 17.2. The van der Waals surface area contributed by atoms with Gasteiger partial charge in [0.1, 0.15) is 5.82 Å². The summed E-state index contributed by atoms with van der Waals surface area (Å²) in [6.45, 7) is 3.55. The number of piperazine rings is 1. The van der Waals surface area contributed by atoms with Gasteiger partial charge in [-0.05, 0) is 37.1 Å². The second-order valence-electron chi connectivity index (χ2n) is 6.91. The molecule has 1 N–H and O–H groups in total. The maximum Gasteiger partial charge on any atom is 0.236 e. The Balaban J connectivity index is 1.42. The SMILES string of the molecule is O=C(CNC1CCCCCC1)N1CCN(c2ccc(F)cc2)CC1. The van der Waals surface area contributed by atoms with Gasteiger partial charge < -0.3 is 15.1 Å². The average Bonchev–Trinajstić information content (AvgIpc) is 2.89. The Kier molecular flexibility index (Phi) is 6.07. The largest absolute Gasteiger partial charge is 0.368 e. The molecule has 1 amide bonds. The Morgan fingerprint density at radius 2 is 1.62 bits per heavy atom. The molecule has 132 valence electrons. The van der Waals surface area contributed by atoms with Gasteiger partial charge in [-0.15, -0.1) is 0 Å². The molecule has 24 heavy (non-hydrogen) atoms. The number of nitrogens with zero attached hydrogens (tertiary/aromatic N) is 2. The molecule has 0 atom stereocenters. The predicted molar refractivity (Wildman–Crippen MR) is 94.7 cm³/mol. The van der Waals surface area contributed by atoms with Crippen LogP contribution >= 0.6 is 0 Å². The molecule has 0 unspecified atom stereocenters. The van der Waals surface area contributed by atoms with E-state index in [1.807, 2.05) is 4.90 Å². The van der Waals surface area contributed by atoms with Crippen LogP contribution in [0, 0.1) is 5.82 Å². The number of carbonyl (C=O) groups is 1. The number of carbonyl (C=O) groups excluding carboxylic acids is 1. The highest BCUT2D eigenvalue weighted by atomic mass is 19.1. The second-order valence-corrected chi connectivity index (χ2v) is 6.91. The third-order valence-corrected chi connectivity index (χ3v) is 5.22. The molecule has 1 heterocycles. The van der Waals surface area contributed by atoms with Crippen LogP contribution in [0.4, 0.5) is 10.1 Å². The molecule has 5 heteroatoms. The maximum absolute atomic E-state index is 13.0. The third kappa shape index (κ3) is 4.69. The third-order valence-electron chi connectivity index (χ3n) is 5.22. The normalized spacial score (nSPS) is 20.0. The summed E-state index contributed by atoms with van der Waals surface area (Å²) in [5.74, 6) is -0.00449. The van der Waals surface area contributed by atoms with Gasteiger partial charge in [-0.25, -0.2) is 4.39 Å². The van der Waals surface area contributed by atoms with Crippen molar-refractivity contribution in [1.82, 2.24) is 10.2 Å². The van der Waals surface area contributed by atoms with E-state index in [1.54, 1.807) is 12.1 Å². The van der Waals surface area contributed by atoms with E-state index in [0.717, 1.165) is 31.9 Å². The summed E-state index contributed by atoms with van der Waals surface area (Å²) in [6.07, 6.45) is 7.62. The Hall–Kier alpha value is -1.62. The highest BCUT2D eigenvalue weighted by Gasteiger charge is 2.22.